The highest BCUT2D eigenvalue weighted by molar-refractivity contribution is 6.98. The molecule has 34 heavy (non-hydrogen) atoms. The molecular weight excluding hydrogens is 432 g/mol. The Labute approximate surface area is 208 Å². The summed E-state index contributed by atoms with van der Waals surface area (Å²) in [6, 6.07) is 20.7. The van der Waals surface area contributed by atoms with Gasteiger partial charge in [-0.25, -0.2) is 0 Å². The molecule has 0 aromatic heterocycles. The first-order valence-electron chi connectivity index (χ1n) is 13.5. The second-order valence-corrected chi connectivity index (χ2v) is 16.2. The van der Waals surface area contributed by atoms with Crippen LogP contribution in [0, 0.1) is 41.4 Å². The van der Waals surface area contributed by atoms with Crippen LogP contribution in [0.15, 0.2) is 60.7 Å². The number of carbonyl (C=O) groups excluding carboxylic acids is 1. The summed E-state index contributed by atoms with van der Waals surface area (Å²) in [5.74, 6) is 3.84. The third-order valence-corrected chi connectivity index (χ3v) is 14.4. The highest BCUT2D eigenvalue weighted by Gasteiger charge is 2.52. The van der Waals surface area contributed by atoms with Gasteiger partial charge in [-0.3, -0.25) is 0 Å². The van der Waals surface area contributed by atoms with Crippen LogP contribution < -0.4 is 10.4 Å². The monoisotopic (exact) mass is 476 g/mol. The lowest BCUT2D eigenvalue weighted by Crippen LogP contribution is -2.65. The Morgan fingerprint density at radius 3 is 1.94 bits per heavy atom. The van der Waals surface area contributed by atoms with Crippen LogP contribution in [0.3, 0.4) is 0 Å². The van der Waals surface area contributed by atoms with Gasteiger partial charge in [0.2, 0.25) is 0 Å². The number of aldehydes is 1. The summed E-state index contributed by atoms with van der Waals surface area (Å²) in [5, 5.41) is 1.89. The van der Waals surface area contributed by atoms with Crippen molar-refractivity contribution in [2.24, 2.45) is 41.4 Å². The van der Waals surface area contributed by atoms with Crippen LogP contribution in [-0.2, 0) is 4.79 Å². The summed E-state index contributed by atoms with van der Waals surface area (Å²) < 4.78 is 0. The lowest BCUT2D eigenvalue weighted by atomic mass is 9.52. The third kappa shape index (κ3) is 4.46. The molecule has 4 rings (SSSR count). The zero-order chi connectivity index (χ0) is 24.5. The van der Waals surface area contributed by atoms with Gasteiger partial charge in [0, 0.05) is 5.92 Å². The minimum atomic E-state index is -3.03. The van der Waals surface area contributed by atoms with Gasteiger partial charge in [-0.15, -0.1) is 0 Å². The van der Waals surface area contributed by atoms with Gasteiger partial charge in [0.15, 0.2) is 0 Å². The van der Waals surface area contributed by atoms with Crippen LogP contribution in [0.4, 0.5) is 0 Å². The fourth-order valence-electron chi connectivity index (χ4n) is 7.76. The molecule has 0 aliphatic heterocycles. The van der Waals surface area contributed by atoms with Crippen LogP contribution in [0.2, 0.25) is 5.04 Å². The number of rotatable bonds is 7. The lowest BCUT2D eigenvalue weighted by Gasteiger charge is -2.53. The molecule has 2 nitrogen and oxygen atoms in total. The van der Waals surface area contributed by atoms with E-state index in [0.717, 1.165) is 35.1 Å². The molecule has 3 heteroatoms. The standard InChI is InChI=1S/C31H44O2Si/c1-22-16-17-23(2)30-27(29(21-32)24(3)20-28(22)30)18-19-31(4,5)34(33,25-12-8-6-9-13-25)26-14-10-7-11-15-26/h6-15,21-24,27-30,33H,16-20H2,1-5H3/t22-,23-,24-,27+,28-,29+,30-/m0/s1. The van der Waals surface area contributed by atoms with Gasteiger partial charge in [-0.2, -0.15) is 0 Å². The minimum Gasteiger partial charge on any atom is -0.424 e. The van der Waals surface area contributed by atoms with Crippen molar-refractivity contribution in [2.75, 3.05) is 0 Å². The molecular formula is C31H44O2Si. The Hall–Kier alpha value is -1.71. The van der Waals surface area contributed by atoms with Crippen molar-refractivity contribution in [2.45, 2.75) is 71.8 Å². The Balaban J connectivity index is 1.67. The van der Waals surface area contributed by atoms with Crippen molar-refractivity contribution in [3.63, 3.8) is 0 Å². The zero-order valence-electron chi connectivity index (χ0n) is 21.8. The Morgan fingerprint density at radius 1 is 0.882 bits per heavy atom. The summed E-state index contributed by atoms with van der Waals surface area (Å²) in [6.07, 6.45) is 7.05. The summed E-state index contributed by atoms with van der Waals surface area (Å²) in [4.78, 5) is 24.9. The number of fused-ring (bicyclic) bond motifs is 1. The average Bonchev–Trinajstić information content (AvgIpc) is 2.85. The summed E-state index contributed by atoms with van der Waals surface area (Å²) in [7, 11) is -3.03. The molecule has 2 fully saturated rings. The summed E-state index contributed by atoms with van der Waals surface area (Å²) in [6.45, 7) is 11.7. The maximum Gasteiger partial charge on any atom is 0.258 e. The lowest BCUT2D eigenvalue weighted by molar-refractivity contribution is -0.122. The van der Waals surface area contributed by atoms with Crippen LogP contribution in [-0.4, -0.2) is 19.4 Å². The second-order valence-electron chi connectivity index (χ2n) is 12.2. The van der Waals surface area contributed by atoms with E-state index in [2.05, 4.69) is 58.9 Å². The van der Waals surface area contributed by atoms with E-state index >= 15 is 0 Å². The van der Waals surface area contributed by atoms with E-state index in [4.69, 9.17) is 0 Å². The van der Waals surface area contributed by atoms with Crippen molar-refractivity contribution in [1.82, 2.24) is 0 Å². The second kappa shape index (κ2) is 10.1. The van der Waals surface area contributed by atoms with Gasteiger partial charge in [0.1, 0.15) is 6.29 Å². The van der Waals surface area contributed by atoms with Gasteiger partial charge in [0.25, 0.3) is 8.32 Å². The quantitative estimate of drug-likeness (QED) is 0.389. The normalized spacial score (nSPS) is 32.1. The molecule has 7 atom stereocenters. The smallest absolute Gasteiger partial charge is 0.258 e. The first-order chi connectivity index (χ1) is 16.2. The van der Waals surface area contributed by atoms with Gasteiger partial charge >= 0.3 is 0 Å². The first-order valence-corrected chi connectivity index (χ1v) is 15.4. The molecule has 0 bridgehead atoms. The highest BCUT2D eigenvalue weighted by Crippen LogP contribution is 2.55. The van der Waals surface area contributed by atoms with Crippen molar-refractivity contribution < 1.29 is 9.59 Å². The Kier molecular flexibility index (Phi) is 7.55. The van der Waals surface area contributed by atoms with Gasteiger partial charge < -0.3 is 9.59 Å². The Bertz CT molecular complexity index is 901. The zero-order valence-corrected chi connectivity index (χ0v) is 22.8. The van der Waals surface area contributed by atoms with E-state index in [9.17, 15) is 9.59 Å². The molecule has 1 N–H and O–H groups in total. The molecule has 2 aromatic carbocycles. The molecule has 0 radical (unpaired) electrons. The van der Waals surface area contributed by atoms with E-state index in [1.165, 1.54) is 25.5 Å². The molecule has 0 amide bonds. The van der Waals surface area contributed by atoms with Crippen molar-refractivity contribution in [3.8, 4) is 0 Å². The highest BCUT2D eigenvalue weighted by atomic mass is 28.4. The third-order valence-electron chi connectivity index (χ3n) is 9.87. The maximum atomic E-state index is 12.6. The Morgan fingerprint density at radius 2 is 1.41 bits per heavy atom. The van der Waals surface area contributed by atoms with Gasteiger partial charge in [0.05, 0.1) is 0 Å². The first kappa shape index (κ1) is 25.4. The molecule has 2 saturated carbocycles. The van der Waals surface area contributed by atoms with Crippen molar-refractivity contribution in [3.05, 3.63) is 60.7 Å². The molecule has 0 heterocycles. The van der Waals surface area contributed by atoms with E-state index in [-0.39, 0.29) is 11.0 Å². The fraction of sp³-hybridized carbons (Fsp3) is 0.581. The maximum absolute atomic E-state index is 12.6. The van der Waals surface area contributed by atoms with Crippen LogP contribution in [0.5, 0.6) is 0 Å². The number of carbonyl (C=O) groups is 1. The number of benzene rings is 2. The average molecular weight is 477 g/mol. The number of hydrogen-bond acceptors (Lipinski definition) is 2. The van der Waals surface area contributed by atoms with E-state index in [1.54, 1.807) is 0 Å². The summed E-state index contributed by atoms with van der Waals surface area (Å²) in [5.41, 5.74) is 0. The SMILES string of the molecule is C[C@H]1C[C@@H]2[C@H]([C@H](CCC(C)(C)[Si](O)(c3ccccc3)c3ccccc3)[C@@H]1C=O)[C@@H](C)CC[C@@H]2C. The number of hydrogen-bond donors (Lipinski definition) is 1. The molecule has 2 aliphatic carbocycles. The van der Waals surface area contributed by atoms with Crippen molar-refractivity contribution >= 4 is 25.0 Å². The molecule has 2 aliphatic rings. The van der Waals surface area contributed by atoms with E-state index < -0.39 is 8.32 Å². The van der Waals surface area contributed by atoms with Crippen LogP contribution >= 0.6 is 0 Å². The molecule has 184 valence electrons. The fourth-order valence-corrected chi connectivity index (χ4v) is 11.5. The molecule has 0 unspecified atom stereocenters. The van der Waals surface area contributed by atoms with E-state index in [1.807, 2.05) is 36.4 Å². The molecule has 0 saturated heterocycles. The summed E-state index contributed by atoms with van der Waals surface area (Å²) >= 11 is 0. The van der Waals surface area contributed by atoms with E-state index in [0.29, 0.717) is 23.7 Å². The van der Waals surface area contributed by atoms with Crippen molar-refractivity contribution in [1.29, 1.82) is 0 Å². The predicted octanol–water partition coefficient (Wildman–Crippen LogP) is 6.07. The molecule has 0 spiro atoms. The largest absolute Gasteiger partial charge is 0.424 e. The topological polar surface area (TPSA) is 37.3 Å². The van der Waals surface area contributed by atoms with Crippen LogP contribution in [0.25, 0.3) is 0 Å². The molecule has 2 aromatic rings. The predicted molar refractivity (Wildman–Crippen MR) is 145 cm³/mol. The van der Waals surface area contributed by atoms with Gasteiger partial charge in [-0.05, 0) is 70.2 Å². The van der Waals surface area contributed by atoms with Gasteiger partial charge in [-0.1, -0.05) is 108 Å². The van der Waals surface area contributed by atoms with Crippen LogP contribution in [0.1, 0.15) is 66.7 Å². The minimum absolute atomic E-state index is 0.146.